The van der Waals surface area contributed by atoms with Crippen molar-refractivity contribution in [3.8, 4) is 0 Å². The largest absolute Gasteiger partial charge is 0.344 e. The predicted octanol–water partition coefficient (Wildman–Crippen LogP) is 3.64. The Labute approximate surface area is 136 Å². The van der Waals surface area contributed by atoms with Crippen LogP contribution < -0.4 is 11.1 Å². The van der Waals surface area contributed by atoms with Crippen LogP contribution in [0.25, 0.3) is 0 Å². The Hall–Kier alpha value is -1.65. The Morgan fingerprint density at radius 2 is 2.00 bits per heavy atom. The zero-order valence-corrected chi connectivity index (χ0v) is 14.0. The molecule has 0 saturated carbocycles. The highest BCUT2D eigenvalue weighted by Gasteiger charge is 2.18. The average Bonchev–Trinajstić information content (AvgIpc) is 2.99. The summed E-state index contributed by atoms with van der Waals surface area (Å²) in [7, 11) is 0. The van der Waals surface area contributed by atoms with E-state index < -0.39 is 0 Å². The molecule has 2 aromatic rings. The normalized spacial score (nSPS) is 13.6. The lowest BCUT2D eigenvalue weighted by atomic mass is 10.0. The maximum Gasteiger partial charge on any atom is 0.222 e. The zero-order valence-electron chi connectivity index (χ0n) is 13.2. The average molecular weight is 316 g/mol. The van der Waals surface area contributed by atoms with Gasteiger partial charge in [0.15, 0.2) is 0 Å². The van der Waals surface area contributed by atoms with Crippen molar-refractivity contribution in [1.82, 2.24) is 5.32 Å². The summed E-state index contributed by atoms with van der Waals surface area (Å²) < 4.78 is 0. The van der Waals surface area contributed by atoms with E-state index in [9.17, 15) is 4.79 Å². The number of hydrogen-bond donors (Lipinski definition) is 2. The summed E-state index contributed by atoms with van der Waals surface area (Å²) in [5.74, 6) is -0.00830. The highest BCUT2D eigenvalue weighted by atomic mass is 32.1. The van der Waals surface area contributed by atoms with Crippen LogP contribution in [0.2, 0.25) is 0 Å². The van der Waals surface area contributed by atoms with Crippen LogP contribution in [0.15, 0.2) is 41.8 Å². The van der Waals surface area contributed by atoms with E-state index >= 15 is 0 Å². The number of nitrogens with one attached hydrogen (secondary N) is 1. The Balaban J connectivity index is 2.19. The van der Waals surface area contributed by atoms with Gasteiger partial charge < -0.3 is 11.1 Å². The standard InChI is InChI=1S/C18H24N2OS/c1-3-5-14-7-9-15(10-8-14)18(16-6-4-11-22-16)20-17(21)12-13(2)19/h4,6-11,13,18H,3,5,12,19H2,1-2H3,(H,20,21). The van der Waals surface area contributed by atoms with Crippen LogP contribution in [0.1, 0.15) is 48.7 Å². The third kappa shape index (κ3) is 4.68. The van der Waals surface area contributed by atoms with E-state index in [1.165, 1.54) is 5.56 Å². The van der Waals surface area contributed by atoms with Crippen molar-refractivity contribution >= 4 is 17.2 Å². The molecule has 2 atom stereocenters. The molecule has 1 heterocycles. The third-order valence-corrected chi connectivity index (χ3v) is 4.43. The summed E-state index contributed by atoms with van der Waals surface area (Å²) in [6, 6.07) is 12.4. The van der Waals surface area contributed by atoms with Gasteiger partial charge in [-0.05, 0) is 35.9 Å². The number of thiophene rings is 1. The molecule has 0 radical (unpaired) electrons. The van der Waals surface area contributed by atoms with Gasteiger partial charge in [-0.3, -0.25) is 4.79 Å². The molecular formula is C18H24N2OS. The molecule has 0 aliphatic rings. The van der Waals surface area contributed by atoms with Crippen molar-refractivity contribution in [2.75, 3.05) is 0 Å². The third-order valence-electron chi connectivity index (χ3n) is 3.49. The first-order valence-electron chi connectivity index (χ1n) is 7.77. The van der Waals surface area contributed by atoms with Gasteiger partial charge in [0.1, 0.15) is 0 Å². The number of aryl methyl sites for hydroxylation is 1. The van der Waals surface area contributed by atoms with Crippen LogP contribution in [0, 0.1) is 0 Å². The summed E-state index contributed by atoms with van der Waals surface area (Å²) in [4.78, 5) is 13.3. The van der Waals surface area contributed by atoms with Gasteiger partial charge in [-0.25, -0.2) is 0 Å². The summed E-state index contributed by atoms with van der Waals surface area (Å²) in [6.45, 7) is 4.02. The summed E-state index contributed by atoms with van der Waals surface area (Å²) in [6.07, 6.45) is 2.57. The van der Waals surface area contributed by atoms with Gasteiger partial charge in [0.2, 0.25) is 5.91 Å². The highest BCUT2D eigenvalue weighted by Crippen LogP contribution is 2.26. The predicted molar refractivity (Wildman–Crippen MR) is 93.0 cm³/mol. The number of nitrogens with two attached hydrogens (primary N) is 1. The minimum atomic E-state index is -0.129. The number of rotatable bonds is 7. The van der Waals surface area contributed by atoms with Crippen molar-refractivity contribution in [3.63, 3.8) is 0 Å². The molecule has 4 heteroatoms. The van der Waals surface area contributed by atoms with Crippen LogP contribution in [0.3, 0.4) is 0 Å². The summed E-state index contributed by atoms with van der Waals surface area (Å²) in [5.41, 5.74) is 8.16. The number of carbonyl (C=O) groups excluding carboxylic acids is 1. The van der Waals surface area contributed by atoms with Gasteiger partial charge in [-0.1, -0.05) is 43.7 Å². The molecule has 3 N–H and O–H groups in total. The van der Waals surface area contributed by atoms with E-state index in [4.69, 9.17) is 5.73 Å². The zero-order chi connectivity index (χ0) is 15.9. The van der Waals surface area contributed by atoms with E-state index in [-0.39, 0.29) is 18.0 Å². The summed E-state index contributed by atoms with van der Waals surface area (Å²) in [5, 5.41) is 5.14. The lowest BCUT2D eigenvalue weighted by molar-refractivity contribution is -0.121. The van der Waals surface area contributed by atoms with Gasteiger partial charge in [-0.15, -0.1) is 11.3 Å². The molecule has 3 nitrogen and oxygen atoms in total. The van der Waals surface area contributed by atoms with Crippen LogP contribution in [0.5, 0.6) is 0 Å². The molecule has 118 valence electrons. The van der Waals surface area contributed by atoms with Crippen molar-refractivity contribution in [2.24, 2.45) is 5.73 Å². The fraction of sp³-hybridized carbons (Fsp3) is 0.389. The minimum absolute atomic E-state index is 0.00830. The Morgan fingerprint density at radius 3 is 2.55 bits per heavy atom. The molecule has 1 aromatic carbocycles. The maximum atomic E-state index is 12.1. The van der Waals surface area contributed by atoms with Crippen molar-refractivity contribution in [3.05, 3.63) is 57.8 Å². The monoisotopic (exact) mass is 316 g/mol. The van der Waals surface area contributed by atoms with E-state index in [1.807, 2.05) is 18.4 Å². The molecule has 0 bridgehead atoms. The molecule has 1 amide bonds. The van der Waals surface area contributed by atoms with Crippen LogP contribution in [-0.4, -0.2) is 11.9 Å². The quantitative estimate of drug-likeness (QED) is 0.819. The Bertz CT molecular complexity index is 576. The van der Waals surface area contributed by atoms with Crippen molar-refractivity contribution in [1.29, 1.82) is 0 Å². The number of carbonyl (C=O) groups is 1. The maximum absolute atomic E-state index is 12.1. The fourth-order valence-corrected chi connectivity index (χ4v) is 3.25. The van der Waals surface area contributed by atoms with E-state index in [0.29, 0.717) is 6.42 Å². The van der Waals surface area contributed by atoms with Gasteiger partial charge in [0.05, 0.1) is 6.04 Å². The molecule has 22 heavy (non-hydrogen) atoms. The number of benzene rings is 1. The second-order valence-electron chi connectivity index (χ2n) is 5.69. The minimum Gasteiger partial charge on any atom is -0.344 e. The van der Waals surface area contributed by atoms with Gasteiger partial charge in [0.25, 0.3) is 0 Å². The van der Waals surface area contributed by atoms with E-state index in [0.717, 1.165) is 23.3 Å². The first-order valence-corrected chi connectivity index (χ1v) is 8.65. The molecule has 0 saturated heterocycles. The highest BCUT2D eigenvalue weighted by molar-refractivity contribution is 7.10. The Morgan fingerprint density at radius 1 is 1.27 bits per heavy atom. The van der Waals surface area contributed by atoms with Gasteiger partial charge in [-0.2, -0.15) is 0 Å². The summed E-state index contributed by atoms with van der Waals surface area (Å²) >= 11 is 1.66. The molecule has 2 unspecified atom stereocenters. The van der Waals surface area contributed by atoms with Crippen LogP contribution in [-0.2, 0) is 11.2 Å². The molecule has 0 fully saturated rings. The second-order valence-corrected chi connectivity index (χ2v) is 6.67. The van der Waals surface area contributed by atoms with Crippen LogP contribution >= 0.6 is 11.3 Å². The topological polar surface area (TPSA) is 55.1 Å². The van der Waals surface area contributed by atoms with E-state index in [1.54, 1.807) is 11.3 Å². The van der Waals surface area contributed by atoms with Crippen molar-refractivity contribution < 1.29 is 4.79 Å². The lowest BCUT2D eigenvalue weighted by Crippen LogP contribution is -2.33. The van der Waals surface area contributed by atoms with E-state index in [2.05, 4.69) is 42.6 Å². The van der Waals surface area contributed by atoms with Gasteiger partial charge >= 0.3 is 0 Å². The lowest BCUT2D eigenvalue weighted by Gasteiger charge is -2.19. The van der Waals surface area contributed by atoms with Crippen molar-refractivity contribution in [2.45, 2.75) is 45.2 Å². The first-order chi connectivity index (χ1) is 10.6. The molecule has 2 rings (SSSR count). The smallest absolute Gasteiger partial charge is 0.222 e. The molecule has 1 aromatic heterocycles. The second kappa shape index (κ2) is 8.11. The Kier molecular flexibility index (Phi) is 6.16. The SMILES string of the molecule is CCCc1ccc(C(NC(=O)CC(C)N)c2cccs2)cc1. The number of hydrogen-bond acceptors (Lipinski definition) is 3. The molecule has 0 aliphatic carbocycles. The fourth-order valence-electron chi connectivity index (χ4n) is 2.45. The molecule has 0 aliphatic heterocycles. The van der Waals surface area contributed by atoms with Gasteiger partial charge in [0, 0.05) is 17.3 Å². The first kappa shape index (κ1) is 16.7. The molecular weight excluding hydrogens is 292 g/mol. The molecule has 0 spiro atoms. The number of amides is 1. The van der Waals surface area contributed by atoms with Crippen LogP contribution in [0.4, 0.5) is 0 Å².